The summed E-state index contributed by atoms with van der Waals surface area (Å²) in [6.45, 7) is 6.20. The highest BCUT2D eigenvalue weighted by Crippen LogP contribution is 2.31. The number of carbonyl (C=O) groups is 1. The quantitative estimate of drug-likeness (QED) is 0.903. The van der Waals surface area contributed by atoms with E-state index in [0.29, 0.717) is 0 Å². The third-order valence-corrected chi connectivity index (χ3v) is 3.83. The van der Waals surface area contributed by atoms with Crippen LogP contribution >= 0.6 is 23.1 Å². The van der Waals surface area contributed by atoms with Gasteiger partial charge in [-0.3, -0.25) is 4.79 Å². The van der Waals surface area contributed by atoms with Crippen molar-refractivity contribution in [3.63, 3.8) is 0 Å². The maximum atomic E-state index is 10.8. The van der Waals surface area contributed by atoms with E-state index >= 15 is 0 Å². The van der Waals surface area contributed by atoms with Crippen LogP contribution in [0.25, 0.3) is 0 Å². The van der Waals surface area contributed by atoms with Crippen molar-refractivity contribution in [3.8, 4) is 0 Å². The van der Waals surface area contributed by atoms with E-state index in [-0.39, 0.29) is 11.8 Å². The molecule has 0 aliphatic carbocycles. The second-order valence-electron chi connectivity index (χ2n) is 4.63. The van der Waals surface area contributed by atoms with E-state index in [0.717, 1.165) is 21.3 Å². The van der Waals surface area contributed by atoms with Gasteiger partial charge in [0.05, 0.1) is 12.1 Å². The minimum absolute atomic E-state index is 0.0820. The molecule has 1 aromatic rings. The molecule has 1 N–H and O–H groups in total. The Morgan fingerprint density at radius 2 is 2.12 bits per heavy atom. The molecule has 1 rings (SSSR count). The Morgan fingerprint density at radius 3 is 2.56 bits per heavy atom. The SMILES string of the molecule is CSCc1nc(C(C)(C)C)c(CC(=O)O)s1. The van der Waals surface area contributed by atoms with Crippen LogP contribution in [-0.2, 0) is 22.4 Å². The standard InChI is InChI=1S/C11H17NO2S2/c1-11(2,3)10-7(5-9(13)14)16-8(12-10)6-15-4/h5-6H2,1-4H3,(H,13,14). The number of hydrogen-bond donors (Lipinski definition) is 1. The maximum Gasteiger partial charge on any atom is 0.308 e. The smallest absolute Gasteiger partial charge is 0.308 e. The number of aliphatic carboxylic acids is 1. The van der Waals surface area contributed by atoms with Gasteiger partial charge in [-0.1, -0.05) is 20.8 Å². The number of aromatic nitrogens is 1. The van der Waals surface area contributed by atoms with Gasteiger partial charge in [0.25, 0.3) is 0 Å². The van der Waals surface area contributed by atoms with Gasteiger partial charge < -0.3 is 5.11 Å². The van der Waals surface area contributed by atoms with Crippen LogP contribution in [-0.4, -0.2) is 22.3 Å². The highest BCUT2D eigenvalue weighted by molar-refractivity contribution is 7.97. The Morgan fingerprint density at radius 1 is 1.50 bits per heavy atom. The number of hydrogen-bond acceptors (Lipinski definition) is 4. The van der Waals surface area contributed by atoms with Crippen LogP contribution in [0.5, 0.6) is 0 Å². The number of carboxylic acid groups (broad SMARTS) is 1. The first-order valence-corrected chi connectivity index (χ1v) is 7.25. The molecule has 0 spiro atoms. The van der Waals surface area contributed by atoms with Gasteiger partial charge in [0.2, 0.25) is 0 Å². The van der Waals surface area contributed by atoms with Gasteiger partial charge in [0.15, 0.2) is 0 Å². The monoisotopic (exact) mass is 259 g/mol. The topological polar surface area (TPSA) is 50.2 Å². The minimum atomic E-state index is -0.787. The molecule has 0 saturated heterocycles. The predicted molar refractivity (Wildman–Crippen MR) is 69.4 cm³/mol. The molecule has 1 aromatic heterocycles. The van der Waals surface area contributed by atoms with Crippen LogP contribution in [0.4, 0.5) is 0 Å². The lowest BCUT2D eigenvalue weighted by molar-refractivity contribution is -0.136. The molecule has 0 unspecified atom stereocenters. The average Bonchev–Trinajstić information content (AvgIpc) is 2.46. The van der Waals surface area contributed by atoms with Crippen molar-refractivity contribution in [2.45, 2.75) is 38.4 Å². The molecular weight excluding hydrogens is 242 g/mol. The number of nitrogens with zero attached hydrogens (tertiary/aromatic N) is 1. The van der Waals surface area contributed by atoms with Gasteiger partial charge in [-0.25, -0.2) is 4.98 Å². The number of carboxylic acids is 1. The molecule has 0 fully saturated rings. The highest BCUT2D eigenvalue weighted by atomic mass is 32.2. The Balaban J connectivity index is 3.07. The summed E-state index contributed by atoms with van der Waals surface area (Å²) in [7, 11) is 0. The summed E-state index contributed by atoms with van der Waals surface area (Å²) in [4.78, 5) is 16.2. The molecule has 0 aliphatic rings. The maximum absolute atomic E-state index is 10.8. The second-order valence-corrected chi connectivity index (χ2v) is 6.67. The third kappa shape index (κ3) is 3.49. The van der Waals surface area contributed by atoms with Gasteiger partial charge in [-0.2, -0.15) is 11.8 Å². The summed E-state index contributed by atoms with van der Waals surface area (Å²) < 4.78 is 0. The summed E-state index contributed by atoms with van der Waals surface area (Å²) in [5, 5.41) is 9.89. The van der Waals surface area contributed by atoms with E-state index in [1.807, 2.05) is 6.26 Å². The van der Waals surface area contributed by atoms with Crippen molar-refractivity contribution in [2.75, 3.05) is 6.26 Å². The molecule has 0 amide bonds. The molecule has 90 valence electrons. The lowest BCUT2D eigenvalue weighted by atomic mass is 9.91. The van der Waals surface area contributed by atoms with E-state index in [9.17, 15) is 4.79 Å². The van der Waals surface area contributed by atoms with Gasteiger partial charge in [0, 0.05) is 16.0 Å². The molecule has 0 atom stereocenters. The number of rotatable bonds is 4. The molecule has 3 nitrogen and oxygen atoms in total. The first-order valence-electron chi connectivity index (χ1n) is 5.04. The van der Waals surface area contributed by atoms with Crippen molar-refractivity contribution in [1.29, 1.82) is 0 Å². The molecule has 0 aromatic carbocycles. The van der Waals surface area contributed by atoms with Gasteiger partial charge in [-0.15, -0.1) is 11.3 Å². The van der Waals surface area contributed by atoms with Gasteiger partial charge in [-0.05, 0) is 6.26 Å². The fraction of sp³-hybridized carbons (Fsp3) is 0.636. The van der Waals surface area contributed by atoms with Crippen molar-refractivity contribution >= 4 is 29.1 Å². The Hall–Kier alpha value is -0.550. The highest BCUT2D eigenvalue weighted by Gasteiger charge is 2.24. The molecule has 0 aliphatic heterocycles. The van der Waals surface area contributed by atoms with E-state index < -0.39 is 5.97 Å². The number of thiazole rings is 1. The average molecular weight is 259 g/mol. The predicted octanol–water partition coefficient (Wildman–Crippen LogP) is 2.93. The summed E-state index contributed by atoms with van der Waals surface area (Å²) in [6, 6.07) is 0. The van der Waals surface area contributed by atoms with E-state index in [1.54, 1.807) is 11.8 Å². The second kappa shape index (κ2) is 5.19. The van der Waals surface area contributed by atoms with Crippen LogP contribution in [0.3, 0.4) is 0 Å². The van der Waals surface area contributed by atoms with Crippen LogP contribution in [0.2, 0.25) is 0 Å². The third-order valence-electron chi connectivity index (χ3n) is 2.03. The summed E-state index contributed by atoms with van der Waals surface area (Å²) in [5.41, 5.74) is 0.849. The van der Waals surface area contributed by atoms with Gasteiger partial charge >= 0.3 is 5.97 Å². The lowest BCUT2D eigenvalue weighted by Gasteiger charge is -2.16. The molecule has 16 heavy (non-hydrogen) atoms. The zero-order valence-electron chi connectivity index (χ0n) is 10.0. The first kappa shape index (κ1) is 13.5. The van der Waals surface area contributed by atoms with E-state index in [2.05, 4.69) is 25.8 Å². The first-order chi connectivity index (χ1) is 7.34. The van der Waals surface area contributed by atoms with Crippen LogP contribution in [0.1, 0.15) is 36.3 Å². The van der Waals surface area contributed by atoms with Crippen molar-refractivity contribution < 1.29 is 9.90 Å². The van der Waals surface area contributed by atoms with Crippen molar-refractivity contribution in [1.82, 2.24) is 4.98 Å². The van der Waals surface area contributed by atoms with Crippen LogP contribution in [0, 0.1) is 0 Å². The lowest BCUT2D eigenvalue weighted by Crippen LogP contribution is -2.15. The van der Waals surface area contributed by atoms with Crippen LogP contribution in [0.15, 0.2) is 0 Å². The van der Waals surface area contributed by atoms with Crippen molar-refractivity contribution in [2.24, 2.45) is 0 Å². The summed E-state index contributed by atoms with van der Waals surface area (Å²) in [6.07, 6.45) is 2.10. The zero-order valence-corrected chi connectivity index (χ0v) is 11.7. The van der Waals surface area contributed by atoms with E-state index in [4.69, 9.17) is 5.11 Å². The van der Waals surface area contributed by atoms with Crippen LogP contribution < -0.4 is 0 Å². The molecule has 0 bridgehead atoms. The fourth-order valence-corrected chi connectivity index (χ4v) is 3.40. The van der Waals surface area contributed by atoms with Gasteiger partial charge in [0.1, 0.15) is 5.01 Å². The summed E-state index contributed by atoms with van der Waals surface area (Å²) >= 11 is 3.23. The summed E-state index contributed by atoms with van der Waals surface area (Å²) in [5.74, 6) is 0.0674. The fourth-order valence-electron chi connectivity index (χ4n) is 1.43. The largest absolute Gasteiger partial charge is 0.481 e. The Bertz CT molecular complexity index is 380. The molecule has 0 radical (unpaired) electrons. The zero-order chi connectivity index (χ0) is 12.3. The molecule has 1 heterocycles. The Labute approximate surface area is 104 Å². The minimum Gasteiger partial charge on any atom is -0.481 e. The van der Waals surface area contributed by atoms with E-state index in [1.165, 1.54) is 11.3 Å². The molecular formula is C11H17NO2S2. The number of thioether (sulfide) groups is 1. The molecule has 0 saturated carbocycles. The Kier molecular flexibility index (Phi) is 4.38. The normalized spacial score (nSPS) is 11.8. The van der Waals surface area contributed by atoms with Crippen molar-refractivity contribution in [3.05, 3.63) is 15.6 Å². The molecule has 5 heteroatoms.